The summed E-state index contributed by atoms with van der Waals surface area (Å²) in [7, 11) is -3.63. The topological polar surface area (TPSA) is 40.6 Å². The van der Waals surface area contributed by atoms with E-state index in [0.717, 1.165) is 31.2 Å². The molecule has 1 unspecified atom stereocenters. The predicted octanol–water partition coefficient (Wildman–Crippen LogP) is 7.63. The Kier molecular flexibility index (Phi) is 9.39. The molecule has 1 saturated heterocycles. The van der Waals surface area contributed by atoms with Crippen molar-refractivity contribution in [2.24, 2.45) is 0 Å². The van der Waals surface area contributed by atoms with Crippen LogP contribution in [0.4, 0.5) is 0 Å². The van der Waals surface area contributed by atoms with Gasteiger partial charge in [-0.1, -0.05) is 141 Å². The Morgan fingerprint density at radius 1 is 0.683 bits per heavy atom. The number of piperazine rings is 1. The van der Waals surface area contributed by atoms with Crippen LogP contribution in [0.1, 0.15) is 61.3 Å². The van der Waals surface area contributed by atoms with Crippen molar-refractivity contribution < 1.29 is 8.42 Å². The molecule has 0 amide bonds. The fraction of sp³-hybridized carbons (Fsp3) is 0.333. The van der Waals surface area contributed by atoms with E-state index in [1.54, 1.807) is 16.4 Å². The van der Waals surface area contributed by atoms with Gasteiger partial charge >= 0.3 is 0 Å². The van der Waals surface area contributed by atoms with Gasteiger partial charge in [-0.3, -0.25) is 4.90 Å². The van der Waals surface area contributed by atoms with Crippen LogP contribution >= 0.6 is 0 Å². The molecule has 0 bridgehead atoms. The van der Waals surface area contributed by atoms with E-state index in [9.17, 15) is 8.42 Å². The van der Waals surface area contributed by atoms with Gasteiger partial charge in [-0.25, -0.2) is 8.42 Å². The van der Waals surface area contributed by atoms with Crippen molar-refractivity contribution in [3.8, 4) is 0 Å². The van der Waals surface area contributed by atoms with Gasteiger partial charge in [-0.15, -0.1) is 0 Å². The Morgan fingerprint density at radius 2 is 1.20 bits per heavy atom. The number of aryl methyl sites for hydroxylation is 1. The van der Waals surface area contributed by atoms with Crippen molar-refractivity contribution in [3.63, 3.8) is 0 Å². The molecule has 4 nitrogen and oxygen atoms in total. The minimum absolute atomic E-state index is 0.123. The molecule has 5 rings (SSSR count). The van der Waals surface area contributed by atoms with Crippen LogP contribution in [0.5, 0.6) is 0 Å². The maximum Gasteiger partial charge on any atom is 0.243 e. The lowest BCUT2D eigenvalue weighted by Crippen LogP contribution is -2.61. The Labute approximate surface area is 246 Å². The quantitative estimate of drug-likeness (QED) is 0.138. The minimum Gasteiger partial charge on any atom is -0.283 e. The molecule has 214 valence electrons. The Balaban J connectivity index is 1.61. The lowest BCUT2D eigenvalue weighted by molar-refractivity contribution is 0.0664. The summed E-state index contributed by atoms with van der Waals surface area (Å²) in [6.45, 7) is 5.92. The highest BCUT2D eigenvalue weighted by Gasteiger charge is 2.47. The second kappa shape index (κ2) is 13.2. The van der Waals surface area contributed by atoms with E-state index in [4.69, 9.17) is 0 Å². The van der Waals surface area contributed by atoms with Crippen molar-refractivity contribution >= 4 is 10.0 Å². The van der Waals surface area contributed by atoms with Gasteiger partial charge in [0.25, 0.3) is 0 Å². The minimum atomic E-state index is -3.63. The van der Waals surface area contributed by atoms with Crippen molar-refractivity contribution in [3.05, 3.63) is 138 Å². The summed E-state index contributed by atoms with van der Waals surface area (Å²) in [5, 5.41) is 0. The van der Waals surface area contributed by atoms with Crippen molar-refractivity contribution in [2.45, 2.75) is 62.4 Å². The maximum absolute atomic E-state index is 14.1. The summed E-state index contributed by atoms with van der Waals surface area (Å²) in [6.07, 6.45) is 5.30. The van der Waals surface area contributed by atoms with Gasteiger partial charge in [0.2, 0.25) is 10.0 Å². The first-order chi connectivity index (χ1) is 20.0. The number of hydrogen-bond donors (Lipinski definition) is 0. The van der Waals surface area contributed by atoms with Crippen molar-refractivity contribution in [2.75, 3.05) is 19.6 Å². The zero-order valence-corrected chi connectivity index (χ0v) is 25.1. The smallest absolute Gasteiger partial charge is 0.243 e. The van der Waals surface area contributed by atoms with E-state index in [1.807, 2.05) is 19.1 Å². The predicted molar refractivity (Wildman–Crippen MR) is 168 cm³/mol. The van der Waals surface area contributed by atoms with Crippen LogP contribution in [0.2, 0.25) is 0 Å². The Hall–Kier alpha value is -3.25. The van der Waals surface area contributed by atoms with Crippen LogP contribution < -0.4 is 0 Å². The first-order valence-electron chi connectivity index (χ1n) is 15.0. The molecule has 0 radical (unpaired) electrons. The number of unbranched alkanes of at least 4 members (excludes halogenated alkanes) is 3. The van der Waals surface area contributed by atoms with Crippen LogP contribution in [0, 0.1) is 6.92 Å². The highest BCUT2D eigenvalue weighted by molar-refractivity contribution is 7.89. The SMILES string of the molecule is CCCCCCC1CN(C(c2ccccc2)(c2ccccc2)c2ccccc2)CCN1S(=O)(=O)c1ccc(C)cc1. The molecule has 0 aliphatic carbocycles. The van der Waals surface area contributed by atoms with E-state index in [1.165, 1.54) is 23.1 Å². The average Bonchev–Trinajstić information content (AvgIpc) is 3.02. The molecule has 1 atom stereocenters. The van der Waals surface area contributed by atoms with E-state index in [-0.39, 0.29) is 6.04 Å². The summed E-state index contributed by atoms with van der Waals surface area (Å²) in [4.78, 5) is 2.93. The molecule has 0 N–H and O–H groups in total. The Morgan fingerprint density at radius 3 is 1.68 bits per heavy atom. The number of hydrogen-bond acceptors (Lipinski definition) is 3. The molecule has 1 fully saturated rings. The average molecular weight is 567 g/mol. The summed E-state index contributed by atoms with van der Waals surface area (Å²) in [5.74, 6) is 0. The van der Waals surface area contributed by atoms with Gasteiger partial charge in [0, 0.05) is 25.7 Å². The van der Waals surface area contributed by atoms with Crippen LogP contribution in [0.3, 0.4) is 0 Å². The molecule has 1 heterocycles. The fourth-order valence-electron chi connectivity index (χ4n) is 6.43. The van der Waals surface area contributed by atoms with E-state index in [0.29, 0.717) is 24.5 Å². The monoisotopic (exact) mass is 566 g/mol. The molecular formula is C36H42N2O2S. The van der Waals surface area contributed by atoms with Gasteiger partial charge in [0.05, 0.1) is 10.4 Å². The standard InChI is InChI=1S/C36H42N2O2S/c1-3-4-5-15-22-34-29-37(27-28-38(34)41(39,40)35-25-23-30(2)24-26-35)36(31-16-9-6-10-17-31,32-18-11-7-12-19-32)33-20-13-8-14-21-33/h6-14,16-21,23-26,34H,3-5,15,22,27-29H2,1-2H3. The Bertz CT molecular complexity index is 1380. The zero-order valence-electron chi connectivity index (χ0n) is 24.3. The largest absolute Gasteiger partial charge is 0.283 e. The second-order valence-corrected chi connectivity index (χ2v) is 13.1. The van der Waals surface area contributed by atoms with Crippen molar-refractivity contribution in [1.29, 1.82) is 0 Å². The molecule has 5 heteroatoms. The molecule has 0 aromatic heterocycles. The molecule has 41 heavy (non-hydrogen) atoms. The van der Waals surface area contributed by atoms with Gasteiger partial charge < -0.3 is 0 Å². The van der Waals surface area contributed by atoms with Crippen LogP contribution in [0.15, 0.2) is 120 Å². The zero-order chi connectivity index (χ0) is 28.7. The first kappa shape index (κ1) is 29.2. The van der Waals surface area contributed by atoms with Gasteiger partial charge in [-0.2, -0.15) is 4.31 Å². The molecule has 4 aromatic carbocycles. The number of rotatable bonds is 11. The molecule has 4 aromatic rings. The number of benzene rings is 4. The number of sulfonamides is 1. The van der Waals surface area contributed by atoms with Gasteiger partial charge in [0.15, 0.2) is 0 Å². The summed E-state index contributed by atoms with van der Waals surface area (Å²) < 4.78 is 29.9. The summed E-state index contributed by atoms with van der Waals surface area (Å²) in [6, 6.07) is 39.3. The molecular weight excluding hydrogens is 524 g/mol. The highest BCUT2D eigenvalue weighted by Crippen LogP contribution is 2.44. The molecule has 1 aliphatic rings. The highest BCUT2D eigenvalue weighted by atomic mass is 32.2. The van der Waals surface area contributed by atoms with E-state index >= 15 is 0 Å². The van der Waals surface area contributed by atoms with E-state index < -0.39 is 15.6 Å². The lowest BCUT2D eigenvalue weighted by Gasteiger charge is -2.51. The third-order valence-electron chi connectivity index (χ3n) is 8.50. The van der Waals surface area contributed by atoms with Gasteiger partial charge in [-0.05, 0) is 42.2 Å². The third-order valence-corrected chi connectivity index (χ3v) is 10.5. The van der Waals surface area contributed by atoms with Crippen molar-refractivity contribution in [1.82, 2.24) is 9.21 Å². The van der Waals surface area contributed by atoms with Crippen LogP contribution in [-0.2, 0) is 15.6 Å². The third kappa shape index (κ3) is 6.04. The van der Waals surface area contributed by atoms with Crippen LogP contribution in [-0.4, -0.2) is 43.3 Å². The molecule has 0 saturated carbocycles. The first-order valence-corrected chi connectivity index (χ1v) is 16.4. The second-order valence-electron chi connectivity index (χ2n) is 11.2. The maximum atomic E-state index is 14.1. The van der Waals surface area contributed by atoms with Gasteiger partial charge in [0.1, 0.15) is 0 Å². The normalized spacial score (nSPS) is 17.0. The van der Waals surface area contributed by atoms with E-state index in [2.05, 4.69) is 103 Å². The summed E-state index contributed by atoms with van der Waals surface area (Å²) >= 11 is 0. The number of nitrogens with zero attached hydrogens (tertiary/aromatic N) is 2. The molecule has 1 aliphatic heterocycles. The van der Waals surface area contributed by atoms with Crippen LogP contribution in [0.25, 0.3) is 0 Å². The fourth-order valence-corrected chi connectivity index (χ4v) is 8.07. The lowest BCUT2D eigenvalue weighted by atomic mass is 9.75. The molecule has 0 spiro atoms. The summed E-state index contributed by atoms with van der Waals surface area (Å²) in [5.41, 5.74) is 4.08.